The van der Waals surface area contributed by atoms with E-state index in [1.807, 2.05) is 0 Å². The fourth-order valence-electron chi connectivity index (χ4n) is 3.11. The van der Waals surface area contributed by atoms with Gasteiger partial charge in [-0.15, -0.1) is 0 Å². The second-order valence-corrected chi connectivity index (χ2v) is 6.27. The average molecular weight is 330 g/mol. The largest absolute Gasteiger partial charge is 0.478 e. The van der Waals surface area contributed by atoms with E-state index in [9.17, 15) is 9.59 Å². The Kier molecular flexibility index (Phi) is 4.43. The van der Waals surface area contributed by atoms with Gasteiger partial charge in [-0.3, -0.25) is 9.69 Å². The maximum absolute atomic E-state index is 12.6. The SMILES string of the molecule is O=C(O)c1ccc(/C=C2/NC(=S)N(C3CCCCC3)C2=O)cc1. The molecule has 0 spiro atoms. The third-order valence-corrected chi connectivity index (χ3v) is 4.62. The summed E-state index contributed by atoms with van der Waals surface area (Å²) >= 11 is 5.32. The predicted octanol–water partition coefficient (Wildman–Crippen LogP) is 2.78. The maximum atomic E-state index is 12.6. The number of carboxylic acids is 1. The summed E-state index contributed by atoms with van der Waals surface area (Å²) in [5.74, 6) is -1.06. The van der Waals surface area contributed by atoms with Crippen molar-refractivity contribution in [2.24, 2.45) is 0 Å². The Morgan fingerprint density at radius 2 is 1.87 bits per heavy atom. The van der Waals surface area contributed by atoms with E-state index >= 15 is 0 Å². The van der Waals surface area contributed by atoms with E-state index in [1.54, 1.807) is 23.1 Å². The molecule has 0 radical (unpaired) electrons. The van der Waals surface area contributed by atoms with Crippen molar-refractivity contribution in [1.29, 1.82) is 0 Å². The van der Waals surface area contributed by atoms with E-state index in [1.165, 1.54) is 18.6 Å². The second kappa shape index (κ2) is 6.50. The zero-order valence-corrected chi connectivity index (χ0v) is 13.4. The minimum Gasteiger partial charge on any atom is -0.478 e. The molecule has 5 nitrogen and oxygen atoms in total. The molecular weight excluding hydrogens is 312 g/mol. The highest BCUT2D eigenvalue weighted by Crippen LogP contribution is 2.26. The molecule has 1 aliphatic carbocycles. The number of carboxylic acid groups (broad SMARTS) is 1. The molecule has 1 saturated heterocycles. The first-order valence-corrected chi connectivity index (χ1v) is 8.16. The minimum absolute atomic E-state index is 0.0933. The van der Waals surface area contributed by atoms with Gasteiger partial charge < -0.3 is 10.4 Å². The molecule has 6 heteroatoms. The molecule has 0 aromatic heterocycles. The number of nitrogens with zero attached hydrogens (tertiary/aromatic N) is 1. The molecule has 1 aromatic rings. The molecule has 1 heterocycles. The van der Waals surface area contributed by atoms with Crippen LogP contribution >= 0.6 is 12.2 Å². The van der Waals surface area contributed by atoms with Gasteiger partial charge >= 0.3 is 5.97 Å². The lowest BCUT2D eigenvalue weighted by Gasteiger charge is -2.29. The molecule has 0 atom stereocenters. The zero-order valence-electron chi connectivity index (χ0n) is 12.6. The molecule has 1 amide bonds. The van der Waals surface area contributed by atoms with Gasteiger partial charge in [-0.2, -0.15) is 0 Å². The van der Waals surface area contributed by atoms with E-state index in [0.29, 0.717) is 10.8 Å². The van der Waals surface area contributed by atoms with Gasteiger partial charge in [-0.1, -0.05) is 31.4 Å². The number of hydrogen-bond acceptors (Lipinski definition) is 3. The number of amides is 1. The molecule has 1 saturated carbocycles. The highest BCUT2D eigenvalue weighted by Gasteiger charge is 2.36. The predicted molar refractivity (Wildman–Crippen MR) is 90.8 cm³/mol. The first-order valence-electron chi connectivity index (χ1n) is 7.76. The molecule has 120 valence electrons. The summed E-state index contributed by atoms with van der Waals surface area (Å²) in [6.45, 7) is 0. The Hall–Kier alpha value is -2.21. The van der Waals surface area contributed by atoms with Gasteiger partial charge in [0.15, 0.2) is 5.11 Å². The van der Waals surface area contributed by atoms with Gasteiger partial charge in [0.05, 0.1) is 5.56 Å². The highest BCUT2D eigenvalue weighted by atomic mass is 32.1. The van der Waals surface area contributed by atoms with Crippen molar-refractivity contribution in [3.8, 4) is 0 Å². The standard InChI is InChI=1S/C17H18N2O3S/c20-15-14(10-11-6-8-12(9-7-11)16(21)22)18-17(23)19(15)13-4-2-1-3-5-13/h6-10,13H,1-5H2,(H,18,23)(H,21,22)/b14-10+. The zero-order chi connectivity index (χ0) is 16.4. The van der Waals surface area contributed by atoms with Crippen LogP contribution in [0.2, 0.25) is 0 Å². The van der Waals surface area contributed by atoms with Crippen LogP contribution in [0, 0.1) is 0 Å². The summed E-state index contributed by atoms with van der Waals surface area (Å²) in [5.41, 5.74) is 1.43. The van der Waals surface area contributed by atoms with Gasteiger partial charge in [0.25, 0.3) is 5.91 Å². The van der Waals surface area contributed by atoms with Crippen LogP contribution < -0.4 is 5.32 Å². The van der Waals surface area contributed by atoms with Crippen LogP contribution in [-0.2, 0) is 4.79 Å². The summed E-state index contributed by atoms with van der Waals surface area (Å²) in [6, 6.07) is 6.59. The third kappa shape index (κ3) is 3.27. The average Bonchev–Trinajstić information content (AvgIpc) is 2.82. The number of nitrogens with one attached hydrogen (secondary N) is 1. The van der Waals surface area contributed by atoms with Crippen molar-refractivity contribution in [2.45, 2.75) is 38.1 Å². The van der Waals surface area contributed by atoms with E-state index in [-0.39, 0.29) is 17.5 Å². The van der Waals surface area contributed by atoms with Crippen molar-refractivity contribution in [3.63, 3.8) is 0 Å². The topological polar surface area (TPSA) is 69.6 Å². The lowest BCUT2D eigenvalue weighted by Crippen LogP contribution is -2.41. The molecule has 1 aliphatic heterocycles. The Balaban J connectivity index is 1.79. The van der Waals surface area contributed by atoms with Gasteiger partial charge in [-0.25, -0.2) is 4.79 Å². The molecule has 2 fully saturated rings. The summed E-state index contributed by atoms with van der Waals surface area (Å²) < 4.78 is 0. The smallest absolute Gasteiger partial charge is 0.335 e. The number of carbonyl (C=O) groups is 2. The van der Waals surface area contributed by atoms with Crippen molar-refractivity contribution < 1.29 is 14.7 Å². The first-order chi connectivity index (χ1) is 11.1. The third-order valence-electron chi connectivity index (χ3n) is 4.32. The number of carbonyl (C=O) groups excluding carboxylic acids is 1. The highest BCUT2D eigenvalue weighted by molar-refractivity contribution is 7.80. The lowest BCUT2D eigenvalue weighted by molar-refractivity contribution is -0.124. The monoisotopic (exact) mass is 330 g/mol. The number of aromatic carboxylic acids is 1. The van der Waals surface area contributed by atoms with Crippen molar-refractivity contribution in [3.05, 3.63) is 41.1 Å². The van der Waals surface area contributed by atoms with Crippen LogP contribution in [0.3, 0.4) is 0 Å². The maximum Gasteiger partial charge on any atom is 0.335 e. The summed E-state index contributed by atoms with van der Waals surface area (Å²) in [5, 5.41) is 12.4. The van der Waals surface area contributed by atoms with Crippen LogP contribution in [0.1, 0.15) is 48.0 Å². The minimum atomic E-state index is -0.969. The first kappa shape index (κ1) is 15.7. The summed E-state index contributed by atoms with van der Waals surface area (Å²) in [4.78, 5) is 25.2. The Labute approximate surface area is 140 Å². The Morgan fingerprint density at radius 1 is 1.22 bits per heavy atom. The summed E-state index contributed by atoms with van der Waals surface area (Å²) in [7, 11) is 0. The van der Waals surface area contributed by atoms with Gasteiger partial charge in [-0.05, 0) is 48.8 Å². The quantitative estimate of drug-likeness (QED) is 0.659. The van der Waals surface area contributed by atoms with Crippen molar-refractivity contribution in [1.82, 2.24) is 10.2 Å². The number of benzene rings is 1. The molecule has 2 N–H and O–H groups in total. The number of rotatable bonds is 3. The fraction of sp³-hybridized carbons (Fsp3) is 0.353. The number of thiocarbonyl (C=S) groups is 1. The summed E-state index contributed by atoms with van der Waals surface area (Å²) in [6.07, 6.45) is 7.18. The molecule has 0 unspecified atom stereocenters. The molecule has 0 bridgehead atoms. The molecule has 3 rings (SSSR count). The van der Waals surface area contributed by atoms with Gasteiger partial charge in [0.1, 0.15) is 5.70 Å². The van der Waals surface area contributed by atoms with Crippen molar-refractivity contribution >= 4 is 35.3 Å². The molecule has 1 aromatic carbocycles. The van der Waals surface area contributed by atoms with E-state index in [0.717, 1.165) is 31.2 Å². The van der Waals surface area contributed by atoms with Gasteiger partial charge in [0, 0.05) is 6.04 Å². The van der Waals surface area contributed by atoms with E-state index in [2.05, 4.69) is 5.32 Å². The normalized spacial score (nSPS) is 20.9. The molecular formula is C17H18N2O3S. The van der Waals surface area contributed by atoms with Crippen LogP contribution in [0.25, 0.3) is 6.08 Å². The van der Waals surface area contributed by atoms with E-state index in [4.69, 9.17) is 17.3 Å². The fourth-order valence-corrected chi connectivity index (χ4v) is 3.45. The Morgan fingerprint density at radius 3 is 2.48 bits per heavy atom. The van der Waals surface area contributed by atoms with Crippen LogP contribution in [0.4, 0.5) is 0 Å². The van der Waals surface area contributed by atoms with Gasteiger partial charge in [0.2, 0.25) is 0 Å². The van der Waals surface area contributed by atoms with Crippen molar-refractivity contribution in [2.75, 3.05) is 0 Å². The second-order valence-electron chi connectivity index (χ2n) is 5.88. The molecule has 2 aliphatic rings. The Bertz CT molecular complexity index is 676. The van der Waals surface area contributed by atoms with E-state index < -0.39 is 5.97 Å². The number of hydrogen-bond donors (Lipinski definition) is 2. The lowest BCUT2D eigenvalue weighted by atomic mass is 9.94. The molecule has 23 heavy (non-hydrogen) atoms. The van der Waals surface area contributed by atoms with Crippen LogP contribution in [0.15, 0.2) is 30.0 Å². The van der Waals surface area contributed by atoms with Crippen LogP contribution in [0.5, 0.6) is 0 Å². The van der Waals surface area contributed by atoms with Crippen LogP contribution in [-0.4, -0.2) is 33.0 Å².